The standard InChI is InChI=1S/C25H38O5/c1-6-25(4,5)24(28)30-21-12-15(2)11-17-8-7-16(3)20(23(17)21)10-9-19-13-18(26)14-22(27)29-19/h7-8,11,15-16,18-21,23,26H,6,9-10,12-14H2,1-5H3/t15-,16?,18?,19?,20?,21-,23?/m0/s1. The fourth-order valence-corrected chi connectivity index (χ4v) is 5.08. The first-order valence-corrected chi connectivity index (χ1v) is 11.6. The van der Waals surface area contributed by atoms with Crippen molar-refractivity contribution in [3.05, 3.63) is 23.8 Å². The molecule has 3 aliphatic rings. The summed E-state index contributed by atoms with van der Waals surface area (Å²) in [7, 11) is 0. The molecule has 168 valence electrons. The van der Waals surface area contributed by atoms with Crippen LogP contribution < -0.4 is 0 Å². The molecule has 0 spiro atoms. The lowest BCUT2D eigenvalue weighted by Crippen LogP contribution is -2.43. The number of hydrogen-bond donors (Lipinski definition) is 1. The number of aliphatic hydroxyl groups is 1. The highest BCUT2D eigenvalue weighted by atomic mass is 16.6. The molecule has 1 saturated heterocycles. The summed E-state index contributed by atoms with van der Waals surface area (Å²) in [6.07, 6.45) is 9.61. The number of fused-ring (bicyclic) bond motifs is 1. The van der Waals surface area contributed by atoms with E-state index >= 15 is 0 Å². The minimum atomic E-state index is -0.601. The van der Waals surface area contributed by atoms with Crippen LogP contribution in [-0.2, 0) is 19.1 Å². The van der Waals surface area contributed by atoms with E-state index in [1.807, 2.05) is 20.8 Å². The van der Waals surface area contributed by atoms with Gasteiger partial charge in [-0.25, -0.2) is 0 Å². The summed E-state index contributed by atoms with van der Waals surface area (Å²) in [5.41, 5.74) is 0.785. The van der Waals surface area contributed by atoms with E-state index in [0.29, 0.717) is 24.2 Å². The second kappa shape index (κ2) is 9.25. The van der Waals surface area contributed by atoms with Crippen molar-refractivity contribution in [1.29, 1.82) is 0 Å². The lowest BCUT2D eigenvalue weighted by Gasteiger charge is -2.44. The Balaban J connectivity index is 1.76. The minimum Gasteiger partial charge on any atom is -0.462 e. The van der Waals surface area contributed by atoms with Crippen molar-refractivity contribution in [3.8, 4) is 0 Å². The molecule has 2 aliphatic carbocycles. The van der Waals surface area contributed by atoms with Crippen molar-refractivity contribution < 1.29 is 24.2 Å². The summed E-state index contributed by atoms with van der Waals surface area (Å²) >= 11 is 0. The molecule has 5 heteroatoms. The van der Waals surface area contributed by atoms with E-state index in [-0.39, 0.29) is 36.5 Å². The predicted octanol–water partition coefficient (Wildman–Crippen LogP) is 4.59. The normalized spacial score (nSPS) is 36.5. The van der Waals surface area contributed by atoms with E-state index in [9.17, 15) is 14.7 Å². The number of hydrogen-bond acceptors (Lipinski definition) is 5. The zero-order chi connectivity index (χ0) is 22.1. The molecule has 1 heterocycles. The van der Waals surface area contributed by atoms with Gasteiger partial charge in [0.1, 0.15) is 12.2 Å². The van der Waals surface area contributed by atoms with Crippen LogP contribution in [-0.4, -0.2) is 35.4 Å². The second-order valence-corrected chi connectivity index (χ2v) is 10.3. The molecule has 5 unspecified atom stereocenters. The summed E-state index contributed by atoms with van der Waals surface area (Å²) in [6, 6.07) is 0. The Morgan fingerprint density at radius 2 is 2.00 bits per heavy atom. The van der Waals surface area contributed by atoms with Crippen molar-refractivity contribution in [2.45, 2.75) is 91.5 Å². The fourth-order valence-electron chi connectivity index (χ4n) is 5.08. The Hall–Kier alpha value is -1.62. The highest BCUT2D eigenvalue weighted by molar-refractivity contribution is 5.76. The van der Waals surface area contributed by atoms with E-state index < -0.39 is 11.5 Å². The molecule has 30 heavy (non-hydrogen) atoms. The fraction of sp³-hybridized carbons (Fsp3) is 0.760. The third-order valence-corrected chi connectivity index (χ3v) is 7.35. The van der Waals surface area contributed by atoms with Crippen LogP contribution in [0.15, 0.2) is 23.8 Å². The van der Waals surface area contributed by atoms with E-state index in [0.717, 1.165) is 25.7 Å². The smallest absolute Gasteiger partial charge is 0.311 e. The maximum absolute atomic E-state index is 12.9. The first-order chi connectivity index (χ1) is 14.1. The molecule has 0 aromatic carbocycles. The number of ether oxygens (including phenoxy) is 2. The molecular formula is C25H38O5. The third-order valence-electron chi connectivity index (χ3n) is 7.35. The molecule has 0 aromatic heterocycles. The van der Waals surface area contributed by atoms with Crippen LogP contribution in [0.4, 0.5) is 0 Å². The number of esters is 2. The number of cyclic esters (lactones) is 1. The molecule has 7 atom stereocenters. The van der Waals surface area contributed by atoms with E-state index in [1.165, 1.54) is 5.57 Å². The van der Waals surface area contributed by atoms with Gasteiger partial charge in [0.25, 0.3) is 0 Å². The topological polar surface area (TPSA) is 72.8 Å². The molecule has 0 bridgehead atoms. The van der Waals surface area contributed by atoms with Gasteiger partial charge in [-0.2, -0.15) is 0 Å². The van der Waals surface area contributed by atoms with Gasteiger partial charge in [-0.1, -0.05) is 39.0 Å². The number of rotatable bonds is 6. The number of carbonyl (C=O) groups is 2. The van der Waals surface area contributed by atoms with E-state index in [4.69, 9.17) is 9.47 Å². The average molecular weight is 419 g/mol. The quantitative estimate of drug-likeness (QED) is 0.639. The summed E-state index contributed by atoms with van der Waals surface area (Å²) in [5.74, 6) is 0.776. The van der Waals surface area contributed by atoms with Gasteiger partial charge in [-0.3, -0.25) is 9.59 Å². The van der Waals surface area contributed by atoms with Crippen LogP contribution in [0.25, 0.3) is 0 Å². The van der Waals surface area contributed by atoms with Crippen molar-refractivity contribution in [3.63, 3.8) is 0 Å². The largest absolute Gasteiger partial charge is 0.462 e. The van der Waals surface area contributed by atoms with Gasteiger partial charge in [-0.05, 0) is 62.9 Å². The molecule has 1 aliphatic heterocycles. The molecule has 5 nitrogen and oxygen atoms in total. The molecule has 3 rings (SSSR count). The molecule has 0 aromatic rings. The van der Waals surface area contributed by atoms with Gasteiger partial charge in [-0.15, -0.1) is 0 Å². The van der Waals surface area contributed by atoms with Gasteiger partial charge in [0.2, 0.25) is 0 Å². The average Bonchev–Trinajstić information content (AvgIpc) is 2.66. The molecule has 1 N–H and O–H groups in total. The van der Waals surface area contributed by atoms with Crippen molar-refractivity contribution in [2.75, 3.05) is 0 Å². The SMILES string of the molecule is CCC(C)(C)C(=O)O[C@H]1C[C@@H](C)C=C2C=CC(C)C(CCC3CC(O)CC(=O)O3)C21. The zero-order valence-electron chi connectivity index (χ0n) is 19.1. The molecule has 0 amide bonds. The number of carbonyl (C=O) groups excluding carboxylic acids is 2. The van der Waals surface area contributed by atoms with Crippen LogP contribution >= 0.6 is 0 Å². The molecule has 0 saturated carbocycles. The van der Waals surface area contributed by atoms with Crippen LogP contribution in [0.1, 0.15) is 73.1 Å². The van der Waals surface area contributed by atoms with Crippen LogP contribution in [0.2, 0.25) is 0 Å². The van der Waals surface area contributed by atoms with E-state index in [1.54, 1.807) is 0 Å². The van der Waals surface area contributed by atoms with Crippen molar-refractivity contribution >= 4 is 11.9 Å². The second-order valence-electron chi connectivity index (χ2n) is 10.3. The summed E-state index contributed by atoms with van der Waals surface area (Å²) in [5, 5.41) is 9.92. The lowest BCUT2D eigenvalue weighted by molar-refractivity contribution is -0.166. The molecule has 0 radical (unpaired) electrons. The van der Waals surface area contributed by atoms with Gasteiger partial charge >= 0.3 is 11.9 Å². The lowest BCUT2D eigenvalue weighted by atomic mass is 9.65. The zero-order valence-corrected chi connectivity index (χ0v) is 19.1. The summed E-state index contributed by atoms with van der Waals surface area (Å²) in [4.78, 5) is 24.6. The Morgan fingerprint density at radius 1 is 1.27 bits per heavy atom. The maximum Gasteiger partial charge on any atom is 0.311 e. The van der Waals surface area contributed by atoms with Crippen LogP contribution in [0, 0.1) is 29.1 Å². The van der Waals surface area contributed by atoms with Gasteiger partial charge in [0.15, 0.2) is 0 Å². The van der Waals surface area contributed by atoms with Crippen LogP contribution in [0.3, 0.4) is 0 Å². The highest BCUT2D eigenvalue weighted by Gasteiger charge is 2.43. The van der Waals surface area contributed by atoms with Crippen molar-refractivity contribution in [2.24, 2.45) is 29.1 Å². The number of aliphatic hydroxyl groups excluding tert-OH is 1. The monoisotopic (exact) mass is 418 g/mol. The summed E-state index contributed by atoms with van der Waals surface area (Å²) < 4.78 is 11.6. The minimum absolute atomic E-state index is 0.0949. The number of allylic oxidation sites excluding steroid dienone is 3. The first kappa shape index (κ1) is 23.1. The van der Waals surface area contributed by atoms with Gasteiger partial charge in [0.05, 0.1) is 17.9 Å². The molecular weight excluding hydrogens is 380 g/mol. The highest BCUT2D eigenvalue weighted by Crippen LogP contribution is 2.45. The van der Waals surface area contributed by atoms with Crippen LogP contribution in [0.5, 0.6) is 0 Å². The Kier molecular flexibility index (Phi) is 7.11. The van der Waals surface area contributed by atoms with Gasteiger partial charge in [0, 0.05) is 12.3 Å². The van der Waals surface area contributed by atoms with Crippen molar-refractivity contribution in [1.82, 2.24) is 0 Å². The van der Waals surface area contributed by atoms with Gasteiger partial charge < -0.3 is 14.6 Å². The molecule has 1 fully saturated rings. The summed E-state index contributed by atoms with van der Waals surface area (Å²) in [6.45, 7) is 10.3. The Bertz CT molecular complexity index is 706. The Labute approximate surface area is 180 Å². The maximum atomic E-state index is 12.9. The van der Waals surface area contributed by atoms with E-state index in [2.05, 4.69) is 32.1 Å². The Morgan fingerprint density at radius 3 is 2.67 bits per heavy atom. The predicted molar refractivity (Wildman–Crippen MR) is 115 cm³/mol. The first-order valence-electron chi connectivity index (χ1n) is 11.6. The third kappa shape index (κ3) is 5.16.